The molecule has 1 aromatic rings. The number of benzene rings is 1. The molecule has 0 saturated heterocycles. The van der Waals surface area contributed by atoms with Crippen molar-refractivity contribution < 1.29 is 9.84 Å². The zero-order chi connectivity index (χ0) is 11.8. The predicted octanol–water partition coefficient (Wildman–Crippen LogP) is 1.72. The minimum atomic E-state index is 0.0902. The molecule has 3 heteroatoms. The van der Waals surface area contributed by atoms with E-state index in [0.29, 0.717) is 13.2 Å². The molecular formula is C13H19NO2. The van der Waals surface area contributed by atoms with Crippen molar-refractivity contribution >= 4 is 0 Å². The highest BCUT2D eigenvalue weighted by molar-refractivity contribution is 5.33. The van der Waals surface area contributed by atoms with Gasteiger partial charge in [-0.25, -0.2) is 0 Å². The lowest BCUT2D eigenvalue weighted by molar-refractivity contribution is 0.250. The molecule has 0 amide bonds. The largest absolute Gasteiger partial charge is 0.489 e. The van der Waals surface area contributed by atoms with Gasteiger partial charge in [-0.3, -0.25) is 0 Å². The Morgan fingerprint density at radius 2 is 2.25 bits per heavy atom. The van der Waals surface area contributed by atoms with Gasteiger partial charge in [0.05, 0.1) is 6.61 Å². The van der Waals surface area contributed by atoms with Crippen LogP contribution in [0.2, 0.25) is 0 Å². The third-order valence-electron chi connectivity index (χ3n) is 2.24. The molecule has 3 nitrogen and oxygen atoms in total. The maximum atomic E-state index is 8.92. The normalized spacial score (nSPS) is 12.1. The van der Waals surface area contributed by atoms with Crippen LogP contribution in [-0.4, -0.2) is 24.4 Å². The van der Waals surface area contributed by atoms with Gasteiger partial charge in [0.15, 0.2) is 0 Å². The Hall–Kier alpha value is -1.32. The Balaban J connectivity index is 2.59. The van der Waals surface area contributed by atoms with Gasteiger partial charge in [-0.15, -0.1) is 0 Å². The second kappa shape index (κ2) is 7.04. The molecule has 1 atom stereocenters. The molecule has 0 spiro atoms. The minimum absolute atomic E-state index is 0.0902. The summed E-state index contributed by atoms with van der Waals surface area (Å²) in [6.07, 6.45) is 1.72. The quantitative estimate of drug-likeness (QED) is 0.689. The molecule has 1 aromatic carbocycles. The Labute approximate surface area is 96.8 Å². The van der Waals surface area contributed by atoms with Crippen molar-refractivity contribution in [2.75, 3.05) is 13.2 Å². The maximum absolute atomic E-state index is 8.92. The third kappa shape index (κ3) is 4.04. The van der Waals surface area contributed by atoms with E-state index in [4.69, 9.17) is 9.84 Å². The zero-order valence-electron chi connectivity index (χ0n) is 9.65. The summed E-state index contributed by atoms with van der Waals surface area (Å²) in [7, 11) is 0. The van der Waals surface area contributed by atoms with Crippen LogP contribution in [0.1, 0.15) is 12.5 Å². The summed E-state index contributed by atoms with van der Waals surface area (Å²) in [5, 5.41) is 12.1. The van der Waals surface area contributed by atoms with Gasteiger partial charge in [-0.05, 0) is 13.0 Å². The van der Waals surface area contributed by atoms with Gasteiger partial charge < -0.3 is 15.2 Å². The van der Waals surface area contributed by atoms with E-state index >= 15 is 0 Å². The first kappa shape index (κ1) is 12.7. The highest BCUT2D eigenvalue weighted by Crippen LogP contribution is 2.17. The van der Waals surface area contributed by atoms with Crippen LogP contribution in [0.4, 0.5) is 0 Å². The van der Waals surface area contributed by atoms with Gasteiger partial charge in [0.2, 0.25) is 0 Å². The first-order valence-electron chi connectivity index (χ1n) is 5.43. The van der Waals surface area contributed by atoms with E-state index in [9.17, 15) is 0 Å². The number of para-hydroxylation sites is 1. The van der Waals surface area contributed by atoms with Crippen LogP contribution >= 0.6 is 0 Å². The topological polar surface area (TPSA) is 41.5 Å². The van der Waals surface area contributed by atoms with Crippen molar-refractivity contribution in [1.82, 2.24) is 5.32 Å². The lowest BCUT2D eigenvalue weighted by atomic mass is 10.2. The monoisotopic (exact) mass is 221 g/mol. The summed E-state index contributed by atoms with van der Waals surface area (Å²) < 4.78 is 5.53. The van der Waals surface area contributed by atoms with Crippen molar-refractivity contribution in [3.8, 4) is 5.75 Å². The molecule has 1 unspecified atom stereocenters. The lowest BCUT2D eigenvalue weighted by Crippen LogP contribution is -2.28. The molecule has 0 aliphatic heterocycles. The van der Waals surface area contributed by atoms with Crippen LogP contribution in [0, 0.1) is 0 Å². The number of hydrogen-bond donors (Lipinski definition) is 2. The van der Waals surface area contributed by atoms with Crippen LogP contribution in [-0.2, 0) is 6.54 Å². The van der Waals surface area contributed by atoms with Gasteiger partial charge in [0.1, 0.15) is 12.4 Å². The SMILES string of the molecule is C=CCOc1ccccc1CNC(C)CO. The zero-order valence-corrected chi connectivity index (χ0v) is 9.65. The highest BCUT2D eigenvalue weighted by atomic mass is 16.5. The average molecular weight is 221 g/mol. The molecule has 0 fully saturated rings. The lowest BCUT2D eigenvalue weighted by Gasteiger charge is -2.13. The maximum Gasteiger partial charge on any atom is 0.124 e. The van der Waals surface area contributed by atoms with E-state index in [1.807, 2.05) is 31.2 Å². The Kier molecular flexibility index (Phi) is 5.61. The van der Waals surface area contributed by atoms with E-state index < -0.39 is 0 Å². The molecule has 88 valence electrons. The summed E-state index contributed by atoms with van der Waals surface area (Å²) in [5.41, 5.74) is 1.09. The number of nitrogens with one attached hydrogen (secondary N) is 1. The van der Waals surface area contributed by atoms with Gasteiger partial charge in [0.25, 0.3) is 0 Å². The molecule has 2 N–H and O–H groups in total. The second-order valence-electron chi connectivity index (χ2n) is 3.67. The number of hydrogen-bond acceptors (Lipinski definition) is 3. The molecule has 0 bridgehead atoms. The van der Waals surface area contributed by atoms with E-state index in [2.05, 4.69) is 11.9 Å². The molecule has 0 saturated carbocycles. The smallest absolute Gasteiger partial charge is 0.124 e. The van der Waals surface area contributed by atoms with Crippen LogP contribution in [0.25, 0.3) is 0 Å². The third-order valence-corrected chi connectivity index (χ3v) is 2.24. The molecule has 1 rings (SSSR count). The minimum Gasteiger partial charge on any atom is -0.489 e. The summed E-state index contributed by atoms with van der Waals surface area (Å²) in [5.74, 6) is 0.861. The van der Waals surface area contributed by atoms with Crippen molar-refractivity contribution in [3.05, 3.63) is 42.5 Å². The molecule has 0 aromatic heterocycles. The molecule has 0 aliphatic carbocycles. The van der Waals surface area contributed by atoms with Crippen LogP contribution in [0.5, 0.6) is 5.75 Å². The van der Waals surface area contributed by atoms with Gasteiger partial charge in [-0.2, -0.15) is 0 Å². The first-order valence-corrected chi connectivity index (χ1v) is 5.43. The van der Waals surface area contributed by atoms with Crippen LogP contribution in [0.15, 0.2) is 36.9 Å². The summed E-state index contributed by atoms with van der Waals surface area (Å²) in [4.78, 5) is 0. The fraction of sp³-hybridized carbons (Fsp3) is 0.385. The van der Waals surface area contributed by atoms with Crippen molar-refractivity contribution in [2.45, 2.75) is 19.5 Å². The number of aliphatic hydroxyl groups excluding tert-OH is 1. The molecular weight excluding hydrogens is 202 g/mol. The van der Waals surface area contributed by atoms with E-state index in [-0.39, 0.29) is 12.6 Å². The fourth-order valence-corrected chi connectivity index (χ4v) is 1.29. The van der Waals surface area contributed by atoms with E-state index in [1.54, 1.807) is 6.08 Å². The molecule has 16 heavy (non-hydrogen) atoms. The standard InChI is InChI=1S/C13H19NO2/c1-3-8-16-13-7-5-4-6-12(13)9-14-11(2)10-15/h3-7,11,14-15H,1,8-10H2,2H3. The van der Waals surface area contributed by atoms with Gasteiger partial charge in [0, 0.05) is 18.2 Å². The summed E-state index contributed by atoms with van der Waals surface area (Å²) in [6, 6.07) is 7.95. The number of ether oxygens (including phenoxy) is 1. The Morgan fingerprint density at radius 1 is 1.50 bits per heavy atom. The average Bonchev–Trinajstić information content (AvgIpc) is 2.34. The van der Waals surface area contributed by atoms with Gasteiger partial charge in [-0.1, -0.05) is 30.9 Å². The number of rotatable bonds is 7. The molecule has 0 aliphatic rings. The Morgan fingerprint density at radius 3 is 2.94 bits per heavy atom. The predicted molar refractivity (Wildman–Crippen MR) is 65.5 cm³/mol. The fourth-order valence-electron chi connectivity index (χ4n) is 1.29. The van der Waals surface area contributed by atoms with Crippen molar-refractivity contribution in [2.24, 2.45) is 0 Å². The van der Waals surface area contributed by atoms with Crippen molar-refractivity contribution in [3.63, 3.8) is 0 Å². The second-order valence-corrected chi connectivity index (χ2v) is 3.67. The van der Waals surface area contributed by atoms with E-state index in [1.165, 1.54) is 0 Å². The summed E-state index contributed by atoms with van der Waals surface area (Å²) in [6.45, 7) is 6.89. The summed E-state index contributed by atoms with van der Waals surface area (Å²) >= 11 is 0. The Bertz CT molecular complexity index is 325. The number of aliphatic hydroxyl groups is 1. The molecule has 0 heterocycles. The van der Waals surface area contributed by atoms with E-state index in [0.717, 1.165) is 11.3 Å². The van der Waals surface area contributed by atoms with Crippen LogP contribution in [0.3, 0.4) is 0 Å². The van der Waals surface area contributed by atoms with Crippen molar-refractivity contribution in [1.29, 1.82) is 0 Å². The van der Waals surface area contributed by atoms with Crippen LogP contribution < -0.4 is 10.1 Å². The molecule has 0 radical (unpaired) electrons. The highest BCUT2D eigenvalue weighted by Gasteiger charge is 2.04. The van der Waals surface area contributed by atoms with Gasteiger partial charge >= 0.3 is 0 Å². The first-order chi connectivity index (χ1) is 7.77.